The molecule has 0 radical (unpaired) electrons. The van der Waals surface area contributed by atoms with E-state index < -0.39 is 11.7 Å². The SMILES string of the molecule is CC.FC(F)(F)c1ccc(/C=N/N2CCNCC2)nc1. The van der Waals surface area contributed by atoms with Gasteiger partial charge in [-0.05, 0) is 12.1 Å². The number of hydrogen-bond donors (Lipinski definition) is 1. The summed E-state index contributed by atoms with van der Waals surface area (Å²) in [6, 6.07) is 2.32. The second kappa shape index (κ2) is 7.84. The molecule has 0 bridgehead atoms. The fourth-order valence-corrected chi connectivity index (χ4v) is 1.56. The number of nitrogens with zero attached hydrogens (tertiary/aromatic N) is 3. The Hall–Kier alpha value is -1.63. The van der Waals surface area contributed by atoms with Crippen LogP contribution in [0.2, 0.25) is 0 Å². The van der Waals surface area contributed by atoms with Crippen molar-refractivity contribution in [3.8, 4) is 0 Å². The van der Waals surface area contributed by atoms with Crippen LogP contribution in [-0.2, 0) is 6.18 Å². The summed E-state index contributed by atoms with van der Waals surface area (Å²) >= 11 is 0. The summed E-state index contributed by atoms with van der Waals surface area (Å²) in [4.78, 5) is 3.72. The first-order chi connectivity index (χ1) is 9.55. The van der Waals surface area contributed by atoms with Crippen LogP contribution in [0.25, 0.3) is 0 Å². The predicted octanol–water partition coefficient (Wildman–Crippen LogP) is 2.37. The average molecular weight is 288 g/mol. The fourth-order valence-electron chi connectivity index (χ4n) is 1.56. The number of piperazine rings is 1. The maximum absolute atomic E-state index is 12.3. The number of aromatic nitrogens is 1. The second-order valence-corrected chi connectivity index (χ2v) is 3.92. The number of hydrazone groups is 1. The lowest BCUT2D eigenvalue weighted by Crippen LogP contribution is -2.40. The first-order valence-corrected chi connectivity index (χ1v) is 6.58. The molecule has 7 heteroatoms. The monoisotopic (exact) mass is 288 g/mol. The van der Waals surface area contributed by atoms with Gasteiger partial charge in [0, 0.05) is 32.4 Å². The highest BCUT2D eigenvalue weighted by Crippen LogP contribution is 2.28. The van der Waals surface area contributed by atoms with E-state index in [0.29, 0.717) is 5.69 Å². The van der Waals surface area contributed by atoms with Crippen molar-refractivity contribution in [3.05, 3.63) is 29.6 Å². The molecular formula is C13H19F3N4. The summed E-state index contributed by atoms with van der Waals surface area (Å²) in [7, 11) is 0. The van der Waals surface area contributed by atoms with Crippen molar-refractivity contribution in [1.82, 2.24) is 15.3 Å². The van der Waals surface area contributed by atoms with Crippen molar-refractivity contribution in [3.63, 3.8) is 0 Å². The summed E-state index contributed by atoms with van der Waals surface area (Å²) < 4.78 is 36.9. The van der Waals surface area contributed by atoms with Gasteiger partial charge in [-0.25, -0.2) is 0 Å². The third-order valence-corrected chi connectivity index (χ3v) is 2.56. The first kappa shape index (κ1) is 16.4. The third kappa shape index (κ3) is 5.16. The Balaban J connectivity index is 0.000000956. The molecular weight excluding hydrogens is 269 g/mol. The van der Waals surface area contributed by atoms with Crippen LogP contribution in [0.5, 0.6) is 0 Å². The van der Waals surface area contributed by atoms with Gasteiger partial charge in [0.1, 0.15) is 0 Å². The standard InChI is InChI=1S/C11H13F3N4.C2H6/c12-11(13,14)9-1-2-10(16-7-9)8-17-18-5-3-15-4-6-18;1-2/h1-2,7-8,15H,3-6H2;1-2H3/b17-8+;. The molecule has 4 nitrogen and oxygen atoms in total. The minimum atomic E-state index is -4.35. The van der Waals surface area contributed by atoms with Gasteiger partial charge in [-0.15, -0.1) is 0 Å². The number of alkyl halides is 3. The van der Waals surface area contributed by atoms with Crippen LogP contribution < -0.4 is 5.32 Å². The molecule has 0 amide bonds. The van der Waals surface area contributed by atoms with Crippen LogP contribution in [0.4, 0.5) is 13.2 Å². The summed E-state index contributed by atoms with van der Waals surface area (Å²) in [5.41, 5.74) is -0.330. The number of halogens is 3. The normalized spacial score (nSPS) is 15.9. The molecule has 1 aliphatic rings. The molecule has 0 saturated carbocycles. The Morgan fingerprint density at radius 1 is 1.25 bits per heavy atom. The van der Waals surface area contributed by atoms with Crippen LogP contribution in [0.3, 0.4) is 0 Å². The zero-order valence-electron chi connectivity index (χ0n) is 11.6. The maximum atomic E-state index is 12.3. The lowest BCUT2D eigenvalue weighted by atomic mass is 10.2. The van der Waals surface area contributed by atoms with Crippen molar-refractivity contribution in [2.75, 3.05) is 26.2 Å². The van der Waals surface area contributed by atoms with Gasteiger partial charge >= 0.3 is 6.18 Å². The Kier molecular flexibility index (Phi) is 6.44. The molecule has 112 valence electrons. The minimum absolute atomic E-state index is 0.418. The highest BCUT2D eigenvalue weighted by Gasteiger charge is 2.30. The van der Waals surface area contributed by atoms with E-state index in [1.165, 1.54) is 12.3 Å². The second-order valence-electron chi connectivity index (χ2n) is 3.92. The predicted molar refractivity (Wildman–Crippen MR) is 72.6 cm³/mol. The summed E-state index contributed by atoms with van der Waals surface area (Å²) in [5, 5.41) is 9.21. The summed E-state index contributed by atoms with van der Waals surface area (Å²) in [6.07, 6.45) is -2.05. The van der Waals surface area contributed by atoms with Gasteiger partial charge in [-0.3, -0.25) is 9.99 Å². The molecule has 1 aromatic rings. The van der Waals surface area contributed by atoms with Crippen molar-refractivity contribution in [1.29, 1.82) is 0 Å². The van der Waals surface area contributed by atoms with Crippen molar-refractivity contribution in [2.24, 2.45) is 5.10 Å². The highest BCUT2D eigenvalue weighted by atomic mass is 19.4. The van der Waals surface area contributed by atoms with Gasteiger partial charge in [-0.1, -0.05) is 13.8 Å². The fraction of sp³-hybridized carbons (Fsp3) is 0.538. The molecule has 20 heavy (non-hydrogen) atoms. The van der Waals surface area contributed by atoms with Crippen LogP contribution in [0.15, 0.2) is 23.4 Å². The van der Waals surface area contributed by atoms with Gasteiger partial charge in [0.15, 0.2) is 0 Å². The molecule has 1 fully saturated rings. The van der Waals surface area contributed by atoms with E-state index in [2.05, 4.69) is 15.4 Å². The van der Waals surface area contributed by atoms with Crippen LogP contribution in [0, 0.1) is 0 Å². The van der Waals surface area contributed by atoms with Crippen LogP contribution in [0.1, 0.15) is 25.1 Å². The largest absolute Gasteiger partial charge is 0.417 e. The van der Waals surface area contributed by atoms with E-state index in [0.717, 1.165) is 38.4 Å². The van der Waals surface area contributed by atoms with Crippen molar-refractivity contribution < 1.29 is 13.2 Å². The lowest BCUT2D eigenvalue weighted by molar-refractivity contribution is -0.137. The van der Waals surface area contributed by atoms with Gasteiger partial charge in [0.2, 0.25) is 0 Å². The molecule has 0 aromatic carbocycles. The van der Waals surface area contributed by atoms with E-state index in [1.54, 1.807) is 0 Å². The maximum Gasteiger partial charge on any atom is 0.417 e. The number of hydrogen-bond acceptors (Lipinski definition) is 4. The third-order valence-electron chi connectivity index (χ3n) is 2.56. The molecule has 1 saturated heterocycles. The van der Waals surface area contributed by atoms with E-state index in [4.69, 9.17) is 0 Å². The molecule has 0 atom stereocenters. The minimum Gasteiger partial charge on any atom is -0.313 e. The van der Waals surface area contributed by atoms with Gasteiger partial charge in [0.05, 0.1) is 17.5 Å². The van der Waals surface area contributed by atoms with Crippen molar-refractivity contribution >= 4 is 6.21 Å². The number of pyridine rings is 1. The molecule has 1 aromatic heterocycles. The Bertz CT molecular complexity index is 409. The van der Waals surface area contributed by atoms with Gasteiger partial charge in [-0.2, -0.15) is 18.3 Å². The molecule has 0 unspecified atom stereocenters. The number of rotatable bonds is 2. The van der Waals surface area contributed by atoms with E-state index >= 15 is 0 Å². The quantitative estimate of drug-likeness (QED) is 0.849. The van der Waals surface area contributed by atoms with E-state index in [1.807, 2.05) is 18.9 Å². The molecule has 1 aliphatic heterocycles. The molecule has 0 spiro atoms. The van der Waals surface area contributed by atoms with Crippen molar-refractivity contribution in [2.45, 2.75) is 20.0 Å². The Labute approximate surface area is 116 Å². The van der Waals surface area contributed by atoms with Gasteiger partial charge < -0.3 is 5.32 Å². The molecule has 1 N–H and O–H groups in total. The molecule has 2 heterocycles. The Morgan fingerprint density at radius 2 is 1.90 bits per heavy atom. The first-order valence-electron chi connectivity index (χ1n) is 6.58. The molecule has 2 rings (SSSR count). The van der Waals surface area contributed by atoms with Crippen LogP contribution in [-0.4, -0.2) is 42.4 Å². The topological polar surface area (TPSA) is 40.5 Å². The lowest BCUT2D eigenvalue weighted by Gasteiger charge is -2.24. The number of nitrogens with one attached hydrogen (secondary N) is 1. The zero-order chi connectivity index (χ0) is 15.0. The summed E-state index contributed by atoms with van der Waals surface area (Å²) in [6.45, 7) is 7.30. The smallest absolute Gasteiger partial charge is 0.313 e. The molecule has 0 aliphatic carbocycles. The Morgan fingerprint density at radius 3 is 2.40 bits per heavy atom. The van der Waals surface area contributed by atoms with E-state index in [9.17, 15) is 13.2 Å². The van der Waals surface area contributed by atoms with Gasteiger partial charge in [0.25, 0.3) is 0 Å². The highest BCUT2D eigenvalue weighted by molar-refractivity contribution is 5.76. The average Bonchev–Trinajstić information content (AvgIpc) is 2.48. The van der Waals surface area contributed by atoms with E-state index in [-0.39, 0.29) is 0 Å². The van der Waals surface area contributed by atoms with Crippen LogP contribution >= 0.6 is 0 Å². The summed E-state index contributed by atoms with van der Waals surface area (Å²) in [5.74, 6) is 0. The zero-order valence-corrected chi connectivity index (χ0v) is 11.6.